The number of carbonyl (C=O) groups excluding carboxylic acids is 1. The van der Waals surface area contributed by atoms with Gasteiger partial charge in [-0.25, -0.2) is 13.8 Å². The van der Waals surface area contributed by atoms with E-state index in [1.807, 2.05) is 0 Å². The van der Waals surface area contributed by atoms with E-state index < -0.39 is 62.6 Å². The van der Waals surface area contributed by atoms with Gasteiger partial charge < -0.3 is 10.3 Å². The Balaban J connectivity index is 2.27. The minimum absolute atomic E-state index is 0.202. The van der Waals surface area contributed by atoms with Crippen LogP contribution in [0.15, 0.2) is 58.2 Å². The molecule has 0 atom stereocenters. The van der Waals surface area contributed by atoms with Crippen LogP contribution in [0.1, 0.15) is 16.1 Å². The van der Waals surface area contributed by atoms with E-state index in [-0.39, 0.29) is 5.02 Å². The van der Waals surface area contributed by atoms with Crippen LogP contribution < -0.4 is 5.73 Å². The summed E-state index contributed by atoms with van der Waals surface area (Å²) in [6, 6.07) is 7.54. The molecule has 0 aliphatic rings. The average molecular weight is 490 g/mol. The smallest absolute Gasteiger partial charge is 0.404 e. The van der Waals surface area contributed by atoms with E-state index in [1.54, 1.807) is 0 Å². The molecule has 0 aliphatic carbocycles. The molecule has 1 aromatic heterocycles. The normalized spacial score (nSPS) is 12.8. The first-order chi connectivity index (χ1) is 15.0. The summed E-state index contributed by atoms with van der Waals surface area (Å²) in [7, 11) is 0. The Hall–Kier alpha value is -3.24. The van der Waals surface area contributed by atoms with Gasteiger partial charge in [-0.2, -0.15) is 13.2 Å². The van der Waals surface area contributed by atoms with Crippen LogP contribution >= 0.6 is 23.2 Å². The first-order valence-electron chi connectivity index (χ1n) is 8.52. The van der Waals surface area contributed by atoms with E-state index >= 15 is 0 Å². The monoisotopic (exact) mass is 489 g/mol. The molecular weight excluding hydrogens is 480 g/mol. The molecule has 0 unspecified atom stereocenters. The summed E-state index contributed by atoms with van der Waals surface area (Å²) in [4.78, 5) is 15.5. The zero-order valence-electron chi connectivity index (χ0n) is 15.6. The van der Waals surface area contributed by atoms with Crippen LogP contribution in [0.4, 0.5) is 27.6 Å². The molecule has 0 spiro atoms. The summed E-state index contributed by atoms with van der Waals surface area (Å²) in [5.41, 5.74) is 0.776. The lowest BCUT2D eigenvalue weighted by Crippen LogP contribution is -2.25. The maximum Gasteiger partial charge on any atom is 0.434 e. The van der Waals surface area contributed by atoms with E-state index in [0.717, 1.165) is 30.3 Å². The number of hydrogen-bond acceptors (Lipinski definition) is 5. The van der Waals surface area contributed by atoms with E-state index in [1.165, 1.54) is 12.1 Å². The summed E-state index contributed by atoms with van der Waals surface area (Å²) < 4.78 is 74.2. The molecule has 2 aromatic carbocycles. The first kappa shape index (κ1) is 23.4. The van der Waals surface area contributed by atoms with Crippen molar-refractivity contribution in [3.05, 3.63) is 76.6 Å². The van der Waals surface area contributed by atoms with Crippen LogP contribution in [0, 0.1) is 11.6 Å². The zero-order chi connectivity index (χ0) is 23.6. The van der Waals surface area contributed by atoms with Gasteiger partial charge >= 0.3 is 6.18 Å². The van der Waals surface area contributed by atoms with Gasteiger partial charge in [-0.15, -0.1) is 0 Å². The van der Waals surface area contributed by atoms with Crippen LogP contribution in [-0.4, -0.2) is 22.3 Å². The Morgan fingerprint density at radius 3 is 2.41 bits per heavy atom. The van der Waals surface area contributed by atoms with Crippen molar-refractivity contribution < 1.29 is 31.3 Å². The van der Waals surface area contributed by atoms with Crippen molar-refractivity contribution >= 4 is 45.4 Å². The van der Waals surface area contributed by atoms with Gasteiger partial charge in [-0.3, -0.25) is 4.79 Å². The minimum atomic E-state index is -5.13. The Bertz CT molecular complexity index is 1230. The van der Waals surface area contributed by atoms with E-state index in [2.05, 4.69) is 10.1 Å². The molecular formula is C20H10Cl2F5N3O2. The average Bonchev–Trinajstić information content (AvgIpc) is 3.12. The molecule has 2 N–H and O–H groups in total. The topological polar surface area (TPSA) is 81.5 Å². The summed E-state index contributed by atoms with van der Waals surface area (Å²) in [6.45, 7) is 0. The first-order valence-corrected chi connectivity index (χ1v) is 9.28. The van der Waals surface area contributed by atoms with Crippen LogP contribution in [0.5, 0.6) is 0 Å². The standard InChI is InChI=1S/C20H10Cl2F5N3O2/c21-12-5-2-6-13(24)14(12)16-15(19(22)31)17(32-30-16)11(8-28)18(20(25,26)27)29-10-4-1-3-9(23)7-10/h1-8H,28H2/b11-8-,29-18?. The molecule has 0 radical (unpaired) electrons. The van der Waals surface area contributed by atoms with Crippen molar-refractivity contribution in [3.8, 4) is 11.3 Å². The molecule has 5 nitrogen and oxygen atoms in total. The number of rotatable bonds is 5. The number of benzene rings is 2. The summed E-state index contributed by atoms with van der Waals surface area (Å²) in [5, 5.41) is 1.98. The van der Waals surface area contributed by atoms with Crippen molar-refractivity contribution in [1.29, 1.82) is 0 Å². The number of alkyl halides is 3. The lowest BCUT2D eigenvalue weighted by atomic mass is 10.00. The summed E-state index contributed by atoms with van der Waals surface area (Å²) in [6.07, 6.45) is -4.67. The maximum atomic E-state index is 14.3. The second kappa shape index (κ2) is 9.09. The van der Waals surface area contributed by atoms with Crippen LogP contribution in [0.3, 0.4) is 0 Å². The molecule has 1 heterocycles. The quantitative estimate of drug-likeness (QED) is 0.259. The maximum absolute atomic E-state index is 14.3. The molecule has 32 heavy (non-hydrogen) atoms. The molecule has 3 aromatic rings. The van der Waals surface area contributed by atoms with Crippen LogP contribution in [0.2, 0.25) is 5.02 Å². The fraction of sp³-hybridized carbons (Fsp3) is 0.0500. The second-order valence-electron chi connectivity index (χ2n) is 6.12. The van der Waals surface area contributed by atoms with Crippen LogP contribution in [0.25, 0.3) is 16.8 Å². The van der Waals surface area contributed by atoms with Crippen molar-refractivity contribution in [2.24, 2.45) is 10.7 Å². The van der Waals surface area contributed by atoms with Crippen molar-refractivity contribution in [3.63, 3.8) is 0 Å². The molecule has 166 valence electrons. The molecule has 3 rings (SSSR count). The van der Waals surface area contributed by atoms with Gasteiger partial charge in [0.15, 0.2) is 11.5 Å². The molecule has 12 heteroatoms. The van der Waals surface area contributed by atoms with E-state index in [9.17, 15) is 26.7 Å². The highest BCUT2D eigenvalue weighted by molar-refractivity contribution is 6.68. The molecule has 0 bridgehead atoms. The molecule has 0 aliphatic heterocycles. The van der Waals surface area contributed by atoms with Crippen molar-refractivity contribution in [2.75, 3.05) is 0 Å². The van der Waals surface area contributed by atoms with Crippen LogP contribution in [-0.2, 0) is 0 Å². The number of aliphatic imine (C=N–C) groups is 1. The zero-order valence-corrected chi connectivity index (χ0v) is 17.1. The highest BCUT2D eigenvalue weighted by atomic mass is 35.5. The van der Waals surface area contributed by atoms with Crippen molar-refractivity contribution in [1.82, 2.24) is 5.16 Å². The number of nitrogens with two attached hydrogens (primary N) is 1. The number of halogens is 7. The van der Waals surface area contributed by atoms with Gasteiger partial charge in [0, 0.05) is 6.20 Å². The number of allylic oxidation sites excluding steroid dienone is 1. The highest BCUT2D eigenvalue weighted by Crippen LogP contribution is 2.39. The van der Waals surface area contributed by atoms with Gasteiger partial charge in [-0.1, -0.05) is 28.9 Å². The Labute approximate surface area is 186 Å². The van der Waals surface area contributed by atoms with Gasteiger partial charge in [0.2, 0.25) is 0 Å². The van der Waals surface area contributed by atoms with Crippen molar-refractivity contribution in [2.45, 2.75) is 6.18 Å². The third kappa shape index (κ3) is 4.66. The number of nitrogens with zero attached hydrogens (tertiary/aromatic N) is 2. The fourth-order valence-electron chi connectivity index (χ4n) is 2.76. The predicted molar refractivity (Wildman–Crippen MR) is 109 cm³/mol. The Morgan fingerprint density at radius 1 is 1.16 bits per heavy atom. The number of carbonyl (C=O) groups is 1. The Kier molecular flexibility index (Phi) is 6.65. The molecule has 0 saturated carbocycles. The molecule has 0 saturated heterocycles. The third-order valence-electron chi connectivity index (χ3n) is 4.07. The summed E-state index contributed by atoms with van der Waals surface area (Å²) >= 11 is 11.5. The van der Waals surface area contributed by atoms with Gasteiger partial charge in [-0.05, 0) is 41.9 Å². The number of hydrogen-bond donors (Lipinski definition) is 1. The second-order valence-corrected chi connectivity index (χ2v) is 6.87. The Morgan fingerprint density at radius 2 is 1.84 bits per heavy atom. The minimum Gasteiger partial charge on any atom is -0.404 e. The van der Waals surface area contributed by atoms with Gasteiger partial charge in [0.05, 0.1) is 21.8 Å². The number of aromatic nitrogens is 1. The fourth-order valence-corrected chi connectivity index (χ4v) is 3.19. The van der Waals surface area contributed by atoms with E-state index in [4.69, 9.17) is 33.5 Å². The SMILES string of the molecule is N/C=C(\C(=Nc1cccc(F)c1)C(F)(F)F)c1onc(-c2c(F)cccc2Cl)c1C(=O)Cl. The third-order valence-corrected chi connectivity index (χ3v) is 4.58. The van der Waals surface area contributed by atoms with Gasteiger partial charge in [0.1, 0.15) is 22.9 Å². The molecule has 0 amide bonds. The van der Waals surface area contributed by atoms with Gasteiger partial charge in [0.25, 0.3) is 5.24 Å². The van der Waals surface area contributed by atoms with E-state index in [0.29, 0.717) is 6.20 Å². The predicted octanol–water partition coefficient (Wildman–Crippen LogP) is 6.29. The molecule has 0 fully saturated rings. The lowest BCUT2D eigenvalue weighted by molar-refractivity contribution is -0.0571. The lowest BCUT2D eigenvalue weighted by Gasteiger charge is -2.13. The largest absolute Gasteiger partial charge is 0.434 e. The highest BCUT2D eigenvalue weighted by Gasteiger charge is 2.42. The summed E-state index contributed by atoms with van der Waals surface area (Å²) in [5.74, 6) is -2.59.